The number of hydrogen-bond donors (Lipinski definition) is 1. The van der Waals surface area contributed by atoms with Crippen molar-refractivity contribution in [3.05, 3.63) is 0 Å². The van der Waals surface area contributed by atoms with E-state index in [0.29, 0.717) is 38.6 Å². The van der Waals surface area contributed by atoms with E-state index in [-0.39, 0.29) is 11.8 Å². The van der Waals surface area contributed by atoms with E-state index in [4.69, 9.17) is 10.5 Å². The number of rotatable bonds is 5. The van der Waals surface area contributed by atoms with Crippen molar-refractivity contribution in [2.75, 3.05) is 38.6 Å². The molecule has 1 aliphatic rings. The van der Waals surface area contributed by atoms with Gasteiger partial charge in [-0.2, -0.15) is 0 Å². The van der Waals surface area contributed by atoms with Gasteiger partial charge in [-0.1, -0.05) is 6.92 Å². The molecule has 2 N–H and O–H groups in total. The van der Waals surface area contributed by atoms with Crippen LogP contribution in [0.5, 0.6) is 0 Å². The fraction of sp³-hybridized carbons (Fsp3) is 0.909. The first-order chi connectivity index (χ1) is 8.06. The van der Waals surface area contributed by atoms with Gasteiger partial charge in [-0.15, -0.1) is 0 Å². The second kappa shape index (κ2) is 7.08. The SMILES string of the molecule is CC(CN)CS(=O)C(C)C(=O)N1CCOCC1. The molecular formula is C11H22N2O3S. The van der Waals surface area contributed by atoms with Crippen molar-refractivity contribution in [3.8, 4) is 0 Å². The number of ether oxygens (including phenoxy) is 1. The summed E-state index contributed by atoms with van der Waals surface area (Å²) in [5, 5.41) is -0.443. The second-order valence-electron chi connectivity index (χ2n) is 4.47. The van der Waals surface area contributed by atoms with E-state index in [2.05, 4.69) is 0 Å². The van der Waals surface area contributed by atoms with Gasteiger partial charge in [0.15, 0.2) is 0 Å². The van der Waals surface area contributed by atoms with Gasteiger partial charge >= 0.3 is 0 Å². The third-order valence-electron chi connectivity index (χ3n) is 2.92. The Morgan fingerprint density at radius 2 is 2.00 bits per heavy atom. The van der Waals surface area contributed by atoms with Crippen molar-refractivity contribution >= 4 is 16.7 Å². The smallest absolute Gasteiger partial charge is 0.238 e. The van der Waals surface area contributed by atoms with E-state index >= 15 is 0 Å². The van der Waals surface area contributed by atoms with Crippen LogP contribution < -0.4 is 5.73 Å². The molecule has 3 unspecified atom stereocenters. The van der Waals surface area contributed by atoms with Gasteiger partial charge in [-0.3, -0.25) is 9.00 Å². The lowest BCUT2D eigenvalue weighted by Gasteiger charge is -2.29. The molecule has 0 saturated carbocycles. The van der Waals surface area contributed by atoms with E-state index in [0.717, 1.165) is 0 Å². The average molecular weight is 262 g/mol. The Morgan fingerprint density at radius 3 is 2.53 bits per heavy atom. The molecule has 1 fully saturated rings. The van der Waals surface area contributed by atoms with Crippen LogP contribution in [0.25, 0.3) is 0 Å². The van der Waals surface area contributed by atoms with E-state index in [1.807, 2.05) is 6.92 Å². The summed E-state index contributed by atoms with van der Waals surface area (Å²) in [7, 11) is -1.14. The molecule has 0 bridgehead atoms. The van der Waals surface area contributed by atoms with Crippen LogP contribution in [0.4, 0.5) is 0 Å². The van der Waals surface area contributed by atoms with Crippen molar-refractivity contribution in [1.82, 2.24) is 4.90 Å². The standard InChI is InChI=1S/C11H22N2O3S/c1-9(7-12)8-17(15)10(2)11(14)13-3-5-16-6-4-13/h9-10H,3-8,12H2,1-2H3. The molecule has 0 spiro atoms. The first-order valence-corrected chi connectivity index (χ1v) is 7.38. The van der Waals surface area contributed by atoms with Gasteiger partial charge in [-0.05, 0) is 19.4 Å². The average Bonchev–Trinajstić information content (AvgIpc) is 2.37. The quantitative estimate of drug-likeness (QED) is 0.730. The summed E-state index contributed by atoms with van der Waals surface area (Å²) in [6.45, 7) is 6.54. The zero-order valence-corrected chi connectivity index (χ0v) is 11.4. The molecule has 100 valence electrons. The van der Waals surface area contributed by atoms with Crippen LogP contribution >= 0.6 is 0 Å². The Labute approximate surface area is 105 Å². The first kappa shape index (κ1) is 14.6. The van der Waals surface area contributed by atoms with Gasteiger partial charge < -0.3 is 15.4 Å². The highest BCUT2D eigenvalue weighted by atomic mass is 32.2. The topological polar surface area (TPSA) is 72.6 Å². The monoisotopic (exact) mass is 262 g/mol. The second-order valence-corrected chi connectivity index (χ2v) is 6.27. The minimum Gasteiger partial charge on any atom is -0.378 e. The molecule has 0 aromatic rings. The molecule has 3 atom stereocenters. The molecule has 1 aliphatic heterocycles. The number of nitrogens with zero attached hydrogens (tertiary/aromatic N) is 1. The van der Waals surface area contributed by atoms with Crippen LogP contribution in [0.15, 0.2) is 0 Å². The number of morpholine rings is 1. The number of carbonyl (C=O) groups is 1. The van der Waals surface area contributed by atoms with Crippen molar-refractivity contribution in [2.24, 2.45) is 11.7 Å². The Kier molecular flexibility index (Phi) is 6.08. The third kappa shape index (κ3) is 4.37. The Balaban J connectivity index is 2.47. The molecule has 17 heavy (non-hydrogen) atoms. The highest BCUT2D eigenvalue weighted by Crippen LogP contribution is 2.08. The molecular weight excluding hydrogens is 240 g/mol. The molecule has 1 rings (SSSR count). The van der Waals surface area contributed by atoms with Gasteiger partial charge in [0.2, 0.25) is 5.91 Å². The maximum atomic E-state index is 12.1. The summed E-state index contributed by atoms with van der Waals surface area (Å²) < 4.78 is 17.2. The molecule has 0 aromatic carbocycles. The lowest BCUT2D eigenvalue weighted by molar-refractivity contribution is -0.134. The predicted octanol–water partition coefficient (Wildman–Crippen LogP) is -0.423. The molecule has 6 heteroatoms. The predicted molar refractivity (Wildman–Crippen MR) is 68.1 cm³/mol. The number of hydrogen-bond acceptors (Lipinski definition) is 4. The van der Waals surface area contributed by atoms with Crippen LogP contribution in [0.2, 0.25) is 0 Å². The highest BCUT2D eigenvalue weighted by Gasteiger charge is 2.27. The van der Waals surface area contributed by atoms with Gasteiger partial charge in [0.25, 0.3) is 0 Å². The van der Waals surface area contributed by atoms with Gasteiger partial charge in [0, 0.05) is 29.6 Å². The van der Waals surface area contributed by atoms with Crippen LogP contribution in [0, 0.1) is 5.92 Å². The normalized spacial score (nSPS) is 21.9. The molecule has 0 radical (unpaired) electrons. The van der Waals surface area contributed by atoms with Crippen LogP contribution in [0.3, 0.4) is 0 Å². The molecule has 1 amide bonds. The largest absolute Gasteiger partial charge is 0.378 e. The molecule has 0 aromatic heterocycles. The minimum absolute atomic E-state index is 0.0316. The summed E-state index contributed by atoms with van der Waals surface area (Å²) in [5.74, 6) is 0.653. The van der Waals surface area contributed by atoms with Crippen LogP contribution in [-0.4, -0.2) is 58.9 Å². The lowest BCUT2D eigenvalue weighted by Crippen LogP contribution is -2.46. The van der Waals surface area contributed by atoms with E-state index in [1.54, 1.807) is 11.8 Å². The number of nitrogens with two attached hydrogens (primary N) is 1. The number of carbonyl (C=O) groups excluding carboxylic acids is 1. The third-order valence-corrected chi connectivity index (χ3v) is 4.80. The van der Waals surface area contributed by atoms with E-state index in [1.165, 1.54) is 0 Å². The van der Waals surface area contributed by atoms with Crippen LogP contribution in [0.1, 0.15) is 13.8 Å². The molecule has 1 saturated heterocycles. The maximum Gasteiger partial charge on any atom is 0.238 e. The van der Waals surface area contributed by atoms with E-state index < -0.39 is 16.0 Å². The zero-order valence-electron chi connectivity index (χ0n) is 10.6. The number of amides is 1. The fourth-order valence-corrected chi connectivity index (χ4v) is 3.01. The molecule has 0 aliphatic carbocycles. The highest BCUT2D eigenvalue weighted by molar-refractivity contribution is 7.86. The minimum atomic E-state index is -1.14. The Hall–Kier alpha value is -0.460. The Bertz CT molecular complexity index is 280. The molecule has 5 nitrogen and oxygen atoms in total. The van der Waals surface area contributed by atoms with Crippen molar-refractivity contribution < 1.29 is 13.7 Å². The van der Waals surface area contributed by atoms with Gasteiger partial charge in [0.05, 0.1) is 13.2 Å². The summed E-state index contributed by atoms with van der Waals surface area (Å²) in [4.78, 5) is 13.8. The van der Waals surface area contributed by atoms with Gasteiger partial charge in [-0.25, -0.2) is 0 Å². The van der Waals surface area contributed by atoms with Crippen molar-refractivity contribution in [2.45, 2.75) is 19.1 Å². The van der Waals surface area contributed by atoms with Crippen molar-refractivity contribution in [3.63, 3.8) is 0 Å². The fourth-order valence-electron chi connectivity index (χ4n) is 1.65. The van der Waals surface area contributed by atoms with Crippen molar-refractivity contribution in [1.29, 1.82) is 0 Å². The summed E-state index contributed by atoms with van der Waals surface area (Å²) >= 11 is 0. The Morgan fingerprint density at radius 1 is 1.41 bits per heavy atom. The lowest BCUT2D eigenvalue weighted by atomic mass is 10.2. The maximum absolute atomic E-state index is 12.1. The van der Waals surface area contributed by atoms with Crippen LogP contribution in [-0.2, 0) is 20.3 Å². The summed E-state index contributed by atoms with van der Waals surface area (Å²) in [5.41, 5.74) is 5.49. The first-order valence-electron chi connectivity index (χ1n) is 6.00. The van der Waals surface area contributed by atoms with Gasteiger partial charge in [0.1, 0.15) is 5.25 Å². The summed E-state index contributed by atoms with van der Waals surface area (Å²) in [6.07, 6.45) is 0. The summed E-state index contributed by atoms with van der Waals surface area (Å²) in [6, 6.07) is 0. The molecule has 1 heterocycles. The zero-order chi connectivity index (χ0) is 12.8. The van der Waals surface area contributed by atoms with E-state index in [9.17, 15) is 9.00 Å².